The van der Waals surface area contributed by atoms with Gasteiger partial charge in [-0.3, -0.25) is 33.6 Å². The van der Waals surface area contributed by atoms with Gasteiger partial charge in [0.05, 0.1) is 0 Å². The molecule has 18 heteroatoms. The van der Waals surface area contributed by atoms with Crippen LogP contribution in [0.3, 0.4) is 0 Å². The van der Waals surface area contributed by atoms with Crippen LogP contribution in [0.4, 0.5) is 5.69 Å². The maximum absolute atomic E-state index is 12.6. The van der Waals surface area contributed by atoms with Crippen molar-refractivity contribution < 1.29 is 80.9 Å². The fraction of sp³-hybridized carbons (Fsp3) is 0.606. The molecule has 2 saturated heterocycles. The lowest BCUT2D eigenvalue weighted by atomic mass is 9.95. The Morgan fingerprint density at radius 1 is 0.529 bits per heavy atom. The van der Waals surface area contributed by atoms with Gasteiger partial charge in [-0.15, -0.1) is 0 Å². The third-order valence-corrected chi connectivity index (χ3v) is 7.29. The van der Waals surface area contributed by atoms with Crippen LogP contribution in [0.1, 0.15) is 54.0 Å². The molecule has 1 aromatic rings. The maximum atomic E-state index is 12.6. The molecule has 2 heterocycles. The summed E-state index contributed by atoms with van der Waals surface area (Å²) in [6, 6.07) is 7.01. The molecule has 0 bridgehead atoms. The molecule has 2 aliphatic heterocycles. The first-order chi connectivity index (χ1) is 23.9. The molecule has 3 rings (SSSR count). The van der Waals surface area contributed by atoms with E-state index in [4.69, 9.17) is 47.4 Å². The Labute approximate surface area is 293 Å². The molecule has 6 unspecified atom stereocenters. The minimum atomic E-state index is -1.75. The van der Waals surface area contributed by atoms with Crippen molar-refractivity contribution in [1.29, 1.82) is 0 Å². The summed E-state index contributed by atoms with van der Waals surface area (Å²) in [4.78, 5) is 85.5. The molecule has 2 fully saturated rings. The summed E-state index contributed by atoms with van der Waals surface area (Å²) in [5.41, 5.74) is 1.41. The molecule has 10 atom stereocenters. The second-order valence-electron chi connectivity index (χ2n) is 11.7. The van der Waals surface area contributed by atoms with Crippen molar-refractivity contribution in [3.05, 3.63) is 29.8 Å². The predicted octanol–water partition coefficient (Wildman–Crippen LogP) is 1.03. The second-order valence-corrected chi connectivity index (χ2v) is 11.7. The van der Waals surface area contributed by atoms with Crippen molar-refractivity contribution in [3.63, 3.8) is 0 Å². The standard InChI is InChI=1S/C33H43NO17/c1-15-9-11-23(12-10-15)34-32-30(28(46-20(6)39)26(44-18(4)37)24(49-32)13-42-16(2)35)51-33-31(48-22(8)41)29(47-21(7)40)27(45-19(5)38)25(50-33)14-43-17(3)36/h9-12,24-34H,13-14H2,1-8H3/t24-,25?,26-,27?,28+,29?,30-,31?,32?,33?/m1/s1. The molecule has 1 N–H and O–H groups in total. The van der Waals surface area contributed by atoms with Crippen molar-refractivity contribution in [3.8, 4) is 0 Å². The van der Waals surface area contributed by atoms with E-state index in [1.54, 1.807) is 24.3 Å². The van der Waals surface area contributed by atoms with Crippen LogP contribution in [0.2, 0.25) is 0 Å². The Balaban J connectivity index is 2.20. The Bertz CT molecular complexity index is 1430. The van der Waals surface area contributed by atoms with Crippen LogP contribution in [0.25, 0.3) is 0 Å². The highest BCUT2D eigenvalue weighted by atomic mass is 16.8. The number of aryl methyl sites for hydroxylation is 1. The number of esters is 7. The zero-order valence-electron chi connectivity index (χ0n) is 29.4. The third-order valence-electron chi connectivity index (χ3n) is 7.29. The normalized spacial score (nSPS) is 28.6. The van der Waals surface area contributed by atoms with Gasteiger partial charge in [0.2, 0.25) is 0 Å². The van der Waals surface area contributed by atoms with E-state index in [1.807, 2.05) is 6.92 Å². The van der Waals surface area contributed by atoms with Crippen molar-refractivity contribution in [2.24, 2.45) is 0 Å². The fourth-order valence-electron chi connectivity index (χ4n) is 5.44. The van der Waals surface area contributed by atoms with Gasteiger partial charge in [0.1, 0.15) is 31.5 Å². The van der Waals surface area contributed by atoms with Crippen LogP contribution < -0.4 is 5.32 Å². The highest BCUT2D eigenvalue weighted by Gasteiger charge is 2.57. The average Bonchev–Trinajstić information content (AvgIpc) is 3.00. The summed E-state index contributed by atoms with van der Waals surface area (Å²) in [6.45, 7) is 8.53. The fourth-order valence-corrected chi connectivity index (χ4v) is 5.44. The average molecular weight is 726 g/mol. The summed E-state index contributed by atoms with van der Waals surface area (Å²) < 4.78 is 56.8. The molecular formula is C33H43NO17. The number of anilines is 1. The van der Waals surface area contributed by atoms with Crippen molar-refractivity contribution >= 4 is 47.5 Å². The van der Waals surface area contributed by atoms with Gasteiger partial charge in [-0.2, -0.15) is 0 Å². The van der Waals surface area contributed by atoms with Gasteiger partial charge in [-0.05, 0) is 19.1 Å². The van der Waals surface area contributed by atoms with Crippen LogP contribution in [0.15, 0.2) is 24.3 Å². The van der Waals surface area contributed by atoms with Gasteiger partial charge in [0.25, 0.3) is 0 Å². The quantitative estimate of drug-likeness (QED) is 0.221. The highest BCUT2D eigenvalue weighted by Crippen LogP contribution is 2.35. The summed E-state index contributed by atoms with van der Waals surface area (Å²) >= 11 is 0. The van der Waals surface area contributed by atoms with Gasteiger partial charge >= 0.3 is 41.8 Å². The molecule has 0 aliphatic carbocycles. The van der Waals surface area contributed by atoms with Crippen molar-refractivity contribution in [2.45, 2.75) is 117 Å². The first-order valence-corrected chi connectivity index (χ1v) is 15.9. The molecule has 2 aliphatic rings. The zero-order chi connectivity index (χ0) is 38.0. The molecule has 0 amide bonds. The van der Waals surface area contributed by atoms with Crippen LogP contribution in [-0.2, 0) is 80.9 Å². The largest absolute Gasteiger partial charge is 0.463 e. The topological polar surface area (TPSA) is 224 Å². The predicted molar refractivity (Wildman–Crippen MR) is 168 cm³/mol. The molecular weight excluding hydrogens is 682 g/mol. The lowest BCUT2D eigenvalue weighted by molar-refractivity contribution is -0.342. The van der Waals surface area contributed by atoms with Crippen LogP contribution in [0, 0.1) is 6.92 Å². The Kier molecular flexibility index (Phi) is 14.7. The summed E-state index contributed by atoms with van der Waals surface area (Å²) in [6.07, 6.45) is -14.9. The first kappa shape index (κ1) is 40.6. The SMILES string of the molecule is CC(=O)OCC1OC(O[C@H]2C(Nc3ccc(C)cc3)O[C@H](COC(C)=O)[C@@H](OC(C)=O)[C@@H]2OC(C)=O)C(OC(C)=O)C(OC(C)=O)C1OC(C)=O. The molecule has 0 spiro atoms. The summed E-state index contributed by atoms with van der Waals surface area (Å²) in [7, 11) is 0. The molecule has 0 radical (unpaired) electrons. The number of carbonyl (C=O) groups excluding carboxylic acids is 7. The molecule has 51 heavy (non-hydrogen) atoms. The van der Waals surface area contributed by atoms with Gasteiger partial charge in [0, 0.05) is 54.2 Å². The van der Waals surface area contributed by atoms with E-state index in [9.17, 15) is 33.6 Å². The molecule has 18 nitrogen and oxygen atoms in total. The summed E-state index contributed by atoms with van der Waals surface area (Å²) in [5, 5.41) is 3.12. The lowest BCUT2D eigenvalue weighted by Crippen LogP contribution is -2.68. The smallest absolute Gasteiger partial charge is 0.303 e. The van der Waals surface area contributed by atoms with Crippen LogP contribution in [0.5, 0.6) is 0 Å². The summed E-state index contributed by atoms with van der Waals surface area (Å²) in [5.74, 6) is -5.66. The van der Waals surface area contributed by atoms with E-state index in [1.165, 1.54) is 0 Å². The Hall–Kier alpha value is -4.81. The Morgan fingerprint density at radius 3 is 1.35 bits per heavy atom. The van der Waals surface area contributed by atoms with Crippen molar-refractivity contribution in [1.82, 2.24) is 0 Å². The van der Waals surface area contributed by atoms with E-state index in [0.717, 1.165) is 54.0 Å². The van der Waals surface area contributed by atoms with Crippen LogP contribution in [-0.4, -0.2) is 116 Å². The van der Waals surface area contributed by atoms with E-state index in [-0.39, 0.29) is 0 Å². The molecule has 1 aromatic carbocycles. The van der Waals surface area contributed by atoms with E-state index >= 15 is 0 Å². The number of hydrogen-bond donors (Lipinski definition) is 1. The monoisotopic (exact) mass is 725 g/mol. The number of rotatable bonds is 13. The number of nitrogens with one attached hydrogen (secondary N) is 1. The lowest BCUT2D eigenvalue weighted by Gasteiger charge is -2.49. The van der Waals surface area contributed by atoms with Crippen LogP contribution >= 0.6 is 0 Å². The molecule has 282 valence electrons. The first-order valence-electron chi connectivity index (χ1n) is 15.9. The van der Waals surface area contributed by atoms with E-state index in [0.29, 0.717) is 5.69 Å². The molecule has 0 aromatic heterocycles. The third kappa shape index (κ3) is 12.2. The number of carbonyl (C=O) groups is 7. The van der Waals surface area contributed by atoms with Gasteiger partial charge in [-0.25, -0.2) is 0 Å². The van der Waals surface area contributed by atoms with E-state index < -0.39 is 116 Å². The number of ether oxygens (including phenoxy) is 10. The van der Waals surface area contributed by atoms with Crippen molar-refractivity contribution in [2.75, 3.05) is 18.5 Å². The number of hydrogen-bond acceptors (Lipinski definition) is 18. The minimum absolute atomic E-state index is 0.442. The van der Waals surface area contributed by atoms with E-state index in [2.05, 4.69) is 5.32 Å². The zero-order valence-corrected chi connectivity index (χ0v) is 29.4. The second kappa shape index (κ2) is 18.4. The number of benzene rings is 1. The van der Waals surface area contributed by atoms with Gasteiger partial charge < -0.3 is 52.7 Å². The highest BCUT2D eigenvalue weighted by molar-refractivity contribution is 5.69. The maximum Gasteiger partial charge on any atom is 0.303 e. The van der Waals surface area contributed by atoms with Gasteiger partial charge in [-0.1, -0.05) is 17.7 Å². The van der Waals surface area contributed by atoms with Gasteiger partial charge in [0.15, 0.2) is 43.0 Å². The molecule has 0 saturated carbocycles. The minimum Gasteiger partial charge on any atom is -0.463 e. The Morgan fingerprint density at radius 2 is 0.922 bits per heavy atom.